The molecule has 0 radical (unpaired) electrons. The number of carbonyl (C=O) groups excluding carboxylic acids is 2. The Kier molecular flexibility index (Phi) is 4.96. The highest BCUT2D eigenvalue weighted by molar-refractivity contribution is 5.87. The first-order valence-electron chi connectivity index (χ1n) is 10.2. The van der Waals surface area contributed by atoms with E-state index in [4.69, 9.17) is 11.5 Å². The van der Waals surface area contributed by atoms with Gasteiger partial charge < -0.3 is 11.5 Å². The molecule has 3 saturated carbocycles. The van der Waals surface area contributed by atoms with Gasteiger partial charge in [-0.05, 0) is 60.5 Å². The van der Waals surface area contributed by atoms with E-state index < -0.39 is 11.8 Å². The summed E-state index contributed by atoms with van der Waals surface area (Å²) in [5, 5.41) is 0. The van der Waals surface area contributed by atoms with E-state index >= 15 is 0 Å². The monoisotopic (exact) mass is 376 g/mol. The molecule has 0 heterocycles. The van der Waals surface area contributed by atoms with Gasteiger partial charge in [-0.25, -0.2) is 0 Å². The van der Waals surface area contributed by atoms with Gasteiger partial charge in [-0.2, -0.15) is 0 Å². The lowest BCUT2D eigenvalue weighted by atomic mass is 9.45. The quantitative estimate of drug-likeness (QED) is 0.812. The minimum Gasteiger partial charge on any atom is -0.369 e. The fraction of sp³-hybridized carbons (Fsp3) is 0.417. The third-order valence-electron chi connectivity index (χ3n) is 7.09. The number of hydrogen-bond donors (Lipinski definition) is 2. The van der Waals surface area contributed by atoms with Crippen LogP contribution in [0.2, 0.25) is 0 Å². The predicted molar refractivity (Wildman–Crippen MR) is 109 cm³/mol. The summed E-state index contributed by atoms with van der Waals surface area (Å²) < 4.78 is 0. The van der Waals surface area contributed by atoms with E-state index in [9.17, 15) is 9.59 Å². The average Bonchev–Trinajstić information content (AvgIpc) is 2.69. The summed E-state index contributed by atoms with van der Waals surface area (Å²) in [6.07, 6.45) is 4.58. The number of amides is 2. The van der Waals surface area contributed by atoms with Crippen molar-refractivity contribution in [3.63, 3.8) is 0 Å². The van der Waals surface area contributed by atoms with Crippen LogP contribution in [0.15, 0.2) is 60.7 Å². The van der Waals surface area contributed by atoms with Gasteiger partial charge in [0, 0.05) is 0 Å². The number of rotatable bonds is 6. The lowest BCUT2D eigenvalue weighted by molar-refractivity contribution is -0.154. The minimum absolute atomic E-state index is 0.0768. The molecule has 0 saturated heterocycles. The molecule has 4 atom stereocenters. The fourth-order valence-electron chi connectivity index (χ4n) is 6.14. The van der Waals surface area contributed by atoms with E-state index in [1.165, 1.54) is 11.1 Å². The normalized spacial score (nSPS) is 28.0. The van der Waals surface area contributed by atoms with Crippen LogP contribution in [0.3, 0.4) is 0 Å². The molecule has 5 rings (SSSR count). The first-order chi connectivity index (χ1) is 13.5. The second-order valence-electron chi connectivity index (χ2n) is 8.69. The second-order valence-corrected chi connectivity index (χ2v) is 8.69. The molecule has 2 aromatic carbocycles. The Morgan fingerprint density at radius 2 is 1.29 bits per heavy atom. The topological polar surface area (TPSA) is 86.2 Å². The average molecular weight is 377 g/mol. The molecule has 0 aliphatic heterocycles. The van der Waals surface area contributed by atoms with Crippen molar-refractivity contribution in [2.75, 3.05) is 0 Å². The number of nitrogens with two attached hydrogens (primary N) is 2. The molecule has 0 aromatic heterocycles. The molecule has 4 unspecified atom stereocenters. The van der Waals surface area contributed by atoms with Gasteiger partial charge in [-0.3, -0.25) is 9.59 Å². The van der Waals surface area contributed by atoms with Crippen LogP contribution >= 0.6 is 0 Å². The zero-order valence-corrected chi connectivity index (χ0v) is 16.1. The van der Waals surface area contributed by atoms with Crippen LogP contribution in [0.25, 0.3) is 0 Å². The lowest BCUT2D eigenvalue weighted by Gasteiger charge is -2.58. The van der Waals surface area contributed by atoms with Gasteiger partial charge in [0.25, 0.3) is 0 Å². The number of fused-ring (bicyclic) bond motifs is 3. The van der Waals surface area contributed by atoms with Crippen LogP contribution in [0.1, 0.15) is 30.4 Å². The smallest absolute Gasteiger partial charge is 0.221 e. The minimum atomic E-state index is -0.461. The van der Waals surface area contributed by atoms with Crippen molar-refractivity contribution in [2.24, 2.45) is 40.6 Å². The Hall–Kier alpha value is -2.62. The van der Waals surface area contributed by atoms with Crippen LogP contribution in [0.4, 0.5) is 0 Å². The van der Waals surface area contributed by atoms with Crippen LogP contribution in [-0.4, -0.2) is 11.8 Å². The number of benzene rings is 2. The van der Waals surface area contributed by atoms with Crippen molar-refractivity contribution in [3.8, 4) is 0 Å². The van der Waals surface area contributed by atoms with Crippen molar-refractivity contribution >= 4 is 11.8 Å². The summed E-state index contributed by atoms with van der Waals surface area (Å²) in [6, 6.07) is 20.9. The van der Waals surface area contributed by atoms with Crippen LogP contribution < -0.4 is 11.5 Å². The predicted octanol–water partition coefficient (Wildman–Crippen LogP) is 3.09. The first-order valence-corrected chi connectivity index (χ1v) is 10.2. The Morgan fingerprint density at radius 3 is 1.75 bits per heavy atom. The third kappa shape index (κ3) is 3.32. The summed E-state index contributed by atoms with van der Waals surface area (Å²) in [6.45, 7) is 0. The Morgan fingerprint density at radius 1 is 0.786 bits per heavy atom. The molecule has 3 aliphatic rings. The molecule has 146 valence electrons. The van der Waals surface area contributed by atoms with E-state index in [1.807, 2.05) is 12.1 Å². The molecular formula is C24H28N2O2. The van der Waals surface area contributed by atoms with E-state index in [0.29, 0.717) is 0 Å². The molecule has 2 bridgehead atoms. The van der Waals surface area contributed by atoms with Crippen molar-refractivity contribution in [1.29, 1.82) is 0 Å². The van der Waals surface area contributed by atoms with Gasteiger partial charge in [0.2, 0.25) is 11.8 Å². The zero-order valence-electron chi connectivity index (χ0n) is 16.1. The third-order valence-corrected chi connectivity index (χ3v) is 7.09. The van der Waals surface area contributed by atoms with Crippen LogP contribution in [-0.2, 0) is 22.4 Å². The summed E-state index contributed by atoms with van der Waals surface area (Å²) in [4.78, 5) is 24.7. The Bertz CT molecular complexity index is 808. The van der Waals surface area contributed by atoms with Gasteiger partial charge in [-0.1, -0.05) is 60.7 Å². The molecule has 4 heteroatoms. The molecule has 4 N–H and O–H groups in total. The Labute approximate surface area is 166 Å². The molecule has 0 spiro atoms. The standard InChI is InChI=1S/C24H28N2O2/c25-22(27)20-18-11-12-19(21(20)23(26)28)24(15-18,13-16-7-3-1-4-8-16)14-17-9-5-2-6-10-17/h1-10,18-21H,11-15H2,(H2,25,27)(H2,26,28). The highest BCUT2D eigenvalue weighted by Crippen LogP contribution is 2.60. The first kappa shape index (κ1) is 18.7. The summed E-state index contributed by atoms with van der Waals surface area (Å²) >= 11 is 0. The van der Waals surface area contributed by atoms with Gasteiger partial charge in [0.15, 0.2) is 0 Å². The summed E-state index contributed by atoms with van der Waals surface area (Å²) in [5.41, 5.74) is 14.0. The van der Waals surface area contributed by atoms with Crippen molar-refractivity contribution in [1.82, 2.24) is 0 Å². The molecule has 4 nitrogen and oxygen atoms in total. The van der Waals surface area contributed by atoms with E-state index in [1.54, 1.807) is 0 Å². The number of hydrogen-bond acceptors (Lipinski definition) is 2. The van der Waals surface area contributed by atoms with E-state index in [-0.39, 0.29) is 29.1 Å². The highest BCUT2D eigenvalue weighted by Gasteiger charge is 2.59. The van der Waals surface area contributed by atoms with Crippen molar-refractivity contribution in [3.05, 3.63) is 71.8 Å². The number of carbonyl (C=O) groups is 2. The maximum Gasteiger partial charge on any atom is 0.221 e. The molecule has 2 aromatic rings. The Balaban J connectivity index is 1.77. The van der Waals surface area contributed by atoms with Crippen molar-refractivity contribution < 1.29 is 9.59 Å². The molecular weight excluding hydrogens is 348 g/mol. The van der Waals surface area contributed by atoms with E-state index in [0.717, 1.165) is 32.1 Å². The second kappa shape index (κ2) is 7.42. The molecule has 28 heavy (non-hydrogen) atoms. The highest BCUT2D eigenvalue weighted by atomic mass is 16.2. The van der Waals surface area contributed by atoms with Crippen LogP contribution in [0, 0.1) is 29.1 Å². The molecule has 2 amide bonds. The molecule has 3 fully saturated rings. The zero-order chi connectivity index (χ0) is 19.7. The summed E-state index contributed by atoms with van der Waals surface area (Å²) in [5.74, 6) is -1.41. The SMILES string of the molecule is NC(=O)C1C2CCC(C1C(N)=O)C(Cc1ccccc1)(Cc1ccccc1)C2. The molecule has 3 aliphatic carbocycles. The summed E-state index contributed by atoms with van der Waals surface area (Å²) in [7, 11) is 0. The van der Waals surface area contributed by atoms with Crippen LogP contribution in [0.5, 0.6) is 0 Å². The fourth-order valence-corrected chi connectivity index (χ4v) is 6.14. The van der Waals surface area contributed by atoms with Gasteiger partial charge in [0.05, 0.1) is 11.8 Å². The van der Waals surface area contributed by atoms with Gasteiger partial charge >= 0.3 is 0 Å². The van der Waals surface area contributed by atoms with Gasteiger partial charge in [-0.15, -0.1) is 0 Å². The van der Waals surface area contributed by atoms with Gasteiger partial charge in [0.1, 0.15) is 0 Å². The lowest BCUT2D eigenvalue weighted by Crippen LogP contribution is -2.59. The maximum atomic E-state index is 12.5. The van der Waals surface area contributed by atoms with E-state index in [2.05, 4.69) is 48.5 Å². The maximum absolute atomic E-state index is 12.5. The number of primary amides is 2. The largest absolute Gasteiger partial charge is 0.369 e. The van der Waals surface area contributed by atoms with Crippen molar-refractivity contribution in [2.45, 2.75) is 32.1 Å².